The summed E-state index contributed by atoms with van der Waals surface area (Å²) in [5.74, 6) is 4.93. The highest BCUT2D eigenvalue weighted by atomic mass is 32.1. The van der Waals surface area contributed by atoms with E-state index in [1.54, 1.807) is 18.2 Å². The Hall–Kier alpha value is -1.73. The number of rotatable bonds is 1. The van der Waals surface area contributed by atoms with Crippen LogP contribution >= 0.6 is 11.5 Å². The molecule has 0 spiro atoms. The molecule has 0 fully saturated rings. The predicted octanol–water partition coefficient (Wildman–Crippen LogP) is 0.686. The molecule has 0 aliphatic rings. The number of anilines is 1. The molecule has 1 heterocycles. The van der Waals surface area contributed by atoms with Crippen LogP contribution < -0.4 is 16.6 Å². The molecule has 0 atom stereocenters. The number of hydrogen-bond acceptors (Lipinski definition) is 5. The van der Waals surface area contributed by atoms with E-state index in [-0.39, 0.29) is 0 Å². The highest BCUT2D eigenvalue weighted by molar-refractivity contribution is 7.12. The van der Waals surface area contributed by atoms with Crippen LogP contribution in [-0.2, 0) is 0 Å². The monoisotopic (exact) mass is 209 g/mol. The summed E-state index contributed by atoms with van der Waals surface area (Å²) in [6.45, 7) is 0. The maximum Gasteiger partial charge on any atom is 0.333 e. The zero-order valence-electron chi connectivity index (χ0n) is 7.02. The summed E-state index contributed by atoms with van der Waals surface area (Å²) in [5, 5.41) is 6.42. The fourth-order valence-electron chi connectivity index (χ4n) is 1.02. The number of aromatic nitrogens is 2. The molecule has 0 radical (unpaired) electrons. The maximum absolute atomic E-state index is 10.9. The molecule has 1 aromatic heterocycles. The fourth-order valence-corrected chi connectivity index (χ4v) is 1.62. The van der Waals surface area contributed by atoms with Crippen molar-refractivity contribution in [3.05, 3.63) is 18.2 Å². The van der Waals surface area contributed by atoms with Crippen molar-refractivity contribution in [2.45, 2.75) is 0 Å². The van der Waals surface area contributed by atoms with Crippen molar-refractivity contribution >= 4 is 33.5 Å². The Labute approximate surface area is 83.2 Å². The van der Waals surface area contributed by atoms with Crippen molar-refractivity contribution in [3.8, 4) is 0 Å². The van der Waals surface area contributed by atoms with Gasteiger partial charge in [-0.25, -0.2) is 10.6 Å². The summed E-state index contributed by atoms with van der Waals surface area (Å²) in [7, 11) is 0. The van der Waals surface area contributed by atoms with E-state index in [0.717, 1.165) is 10.2 Å². The van der Waals surface area contributed by atoms with Crippen LogP contribution in [0.3, 0.4) is 0 Å². The topological polar surface area (TPSA) is 92.9 Å². The lowest BCUT2D eigenvalue weighted by Gasteiger charge is -2.02. The minimum absolute atomic E-state index is 0.457. The quantitative estimate of drug-likeness (QED) is 0.366. The molecule has 2 amide bonds. The van der Waals surface area contributed by atoms with Gasteiger partial charge in [-0.05, 0) is 29.7 Å². The van der Waals surface area contributed by atoms with Crippen molar-refractivity contribution in [3.63, 3.8) is 0 Å². The van der Waals surface area contributed by atoms with Crippen LogP contribution in [0.5, 0.6) is 0 Å². The van der Waals surface area contributed by atoms with E-state index in [9.17, 15) is 4.79 Å². The highest BCUT2D eigenvalue weighted by Crippen LogP contribution is 2.19. The minimum Gasteiger partial charge on any atom is -0.307 e. The van der Waals surface area contributed by atoms with Gasteiger partial charge in [-0.15, -0.1) is 5.10 Å². The largest absolute Gasteiger partial charge is 0.333 e. The summed E-state index contributed by atoms with van der Waals surface area (Å²) in [4.78, 5) is 10.9. The van der Waals surface area contributed by atoms with Gasteiger partial charge in [0.1, 0.15) is 5.52 Å². The molecule has 6 nitrogen and oxygen atoms in total. The van der Waals surface area contributed by atoms with Gasteiger partial charge in [-0.1, -0.05) is 4.49 Å². The lowest BCUT2D eigenvalue weighted by molar-refractivity contribution is 0.252. The van der Waals surface area contributed by atoms with Gasteiger partial charge in [0.25, 0.3) is 0 Å². The van der Waals surface area contributed by atoms with Gasteiger partial charge in [0.05, 0.1) is 4.70 Å². The van der Waals surface area contributed by atoms with Crippen LogP contribution in [-0.4, -0.2) is 15.6 Å². The fraction of sp³-hybridized carbons (Fsp3) is 0. The van der Waals surface area contributed by atoms with Gasteiger partial charge < -0.3 is 5.32 Å². The molecule has 7 heteroatoms. The van der Waals surface area contributed by atoms with E-state index in [4.69, 9.17) is 5.84 Å². The van der Waals surface area contributed by atoms with Gasteiger partial charge in [0.2, 0.25) is 0 Å². The summed E-state index contributed by atoms with van der Waals surface area (Å²) >= 11 is 1.27. The molecular weight excluding hydrogens is 202 g/mol. The van der Waals surface area contributed by atoms with Crippen LogP contribution in [0.4, 0.5) is 10.5 Å². The van der Waals surface area contributed by atoms with E-state index in [2.05, 4.69) is 14.9 Å². The number of benzene rings is 1. The number of nitrogens with zero attached hydrogens (tertiary/aromatic N) is 2. The maximum atomic E-state index is 10.9. The lowest BCUT2D eigenvalue weighted by Crippen LogP contribution is -2.34. The molecule has 4 N–H and O–H groups in total. The second-order valence-electron chi connectivity index (χ2n) is 2.55. The Bertz CT molecular complexity index is 468. The zero-order valence-corrected chi connectivity index (χ0v) is 7.84. The molecule has 0 bridgehead atoms. The van der Waals surface area contributed by atoms with Gasteiger partial charge in [0, 0.05) is 5.69 Å². The molecule has 1 aromatic carbocycles. The normalized spacial score (nSPS) is 10.1. The minimum atomic E-state index is -0.457. The number of fused-ring (bicyclic) bond motifs is 1. The second-order valence-corrected chi connectivity index (χ2v) is 3.34. The molecular formula is C7H7N5OS. The first-order valence-corrected chi connectivity index (χ1v) is 4.56. The summed E-state index contributed by atoms with van der Waals surface area (Å²) in [6, 6.07) is 4.85. The van der Waals surface area contributed by atoms with E-state index in [1.807, 2.05) is 5.43 Å². The highest BCUT2D eigenvalue weighted by Gasteiger charge is 2.02. The Morgan fingerprint density at radius 3 is 3.14 bits per heavy atom. The van der Waals surface area contributed by atoms with Crippen LogP contribution in [0, 0.1) is 0 Å². The van der Waals surface area contributed by atoms with Crippen LogP contribution in [0.25, 0.3) is 10.2 Å². The summed E-state index contributed by atoms with van der Waals surface area (Å²) < 4.78 is 4.70. The van der Waals surface area contributed by atoms with E-state index in [1.165, 1.54) is 11.5 Å². The van der Waals surface area contributed by atoms with Gasteiger partial charge in [-0.3, -0.25) is 5.43 Å². The number of hydrazine groups is 1. The van der Waals surface area contributed by atoms with Crippen molar-refractivity contribution in [2.24, 2.45) is 5.84 Å². The number of nitrogens with two attached hydrogens (primary N) is 1. The molecule has 0 saturated carbocycles. The average Bonchev–Trinajstić information content (AvgIpc) is 2.64. The van der Waals surface area contributed by atoms with E-state index in [0.29, 0.717) is 5.69 Å². The van der Waals surface area contributed by atoms with Crippen LogP contribution in [0.15, 0.2) is 18.2 Å². The molecule has 2 aromatic rings. The SMILES string of the molecule is NNC(=O)Nc1ccc2nnsc2c1. The number of amides is 2. The Balaban J connectivity index is 2.30. The summed E-state index contributed by atoms with van der Waals surface area (Å²) in [6.07, 6.45) is 0. The Morgan fingerprint density at radius 2 is 2.36 bits per heavy atom. The number of hydrogen-bond donors (Lipinski definition) is 3. The van der Waals surface area contributed by atoms with Crippen molar-refractivity contribution in [2.75, 3.05) is 5.32 Å². The third-order valence-electron chi connectivity index (χ3n) is 1.64. The van der Waals surface area contributed by atoms with E-state index < -0.39 is 6.03 Å². The Morgan fingerprint density at radius 1 is 1.50 bits per heavy atom. The molecule has 14 heavy (non-hydrogen) atoms. The standard InChI is InChI=1S/C7H7N5OS/c8-10-7(13)9-4-1-2-5-6(3-4)14-12-11-5/h1-3H,8H2,(H2,9,10,13). The first-order valence-electron chi connectivity index (χ1n) is 3.79. The number of carbonyl (C=O) groups is 1. The first kappa shape index (κ1) is 8.85. The van der Waals surface area contributed by atoms with E-state index >= 15 is 0 Å². The first-order chi connectivity index (χ1) is 6.79. The zero-order chi connectivity index (χ0) is 9.97. The second kappa shape index (κ2) is 3.56. The van der Waals surface area contributed by atoms with Crippen molar-refractivity contribution in [1.82, 2.24) is 15.0 Å². The van der Waals surface area contributed by atoms with Crippen molar-refractivity contribution in [1.29, 1.82) is 0 Å². The van der Waals surface area contributed by atoms with Crippen LogP contribution in [0.1, 0.15) is 0 Å². The summed E-state index contributed by atoms with van der Waals surface area (Å²) in [5.41, 5.74) is 3.45. The smallest absolute Gasteiger partial charge is 0.307 e. The average molecular weight is 209 g/mol. The number of nitrogens with one attached hydrogen (secondary N) is 2. The third kappa shape index (κ3) is 1.63. The molecule has 0 aliphatic heterocycles. The molecule has 72 valence electrons. The molecule has 0 saturated heterocycles. The van der Waals surface area contributed by atoms with Crippen molar-refractivity contribution < 1.29 is 4.79 Å². The molecule has 2 rings (SSSR count). The molecule has 0 aliphatic carbocycles. The Kier molecular flexibility index (Phi) is 2.25. The number of carbonyl (C=O) groups excluding carboxylic acids is 1. The van der Waals surface area contributed by atoms with Gasteiger partial charge in [0.15, 0.2) is 0 Å². The number of urea groups is 1. The van der Waals surface area contributed by atoms with Gasteiger partial charge in [-0.2, -0.15) is 0 Å². The molecule has 0 unspecified atom stereocenters. The van der Waals surface area contributed by atoms with Gasteiger partial charge >= 0.3 is 6.03 Å². The lowest BCUT2D eigenvalue weighted by atomic mass is 10.3. The predicted molar refractivity (Wildman–Crippen MR) is 53.8 cm³/mol. The third-order valence-corrected chi connectivity index (χ3v) is 2.32. The van der Waals surface area contributed by atoms with Crippen LogP contribution in [0.2, 0.25) is 0 Å².